The average Bonchev–Trinajstić information content (AvgIpc) is 3.64. The number of amides is 5. The maximum absolute atomic E-state index is 13.3. The topological polar surface area (TPSA) is 127 Å². The van der Waals surface area contributed by atoms with Crippen molar-refractivity contribution in [3.05, 3.63) is 98.9 Å². The van der Waals surface area contributed by atoms with Gasteiger partial charge in [0.2, 0.25) is 17.5 Å². The molecule has 4 heterocycles. The number of fused-ring (bicyclic) bond motifs is 2. The van der Waals surface area contributed by atoms with E-state index in [9.17, 15) is 24.0 Å². The van der Waals surface area contributed by atoms with Gasteiger partial charge < -0.3 is 15.1 Å². The molecule has 3 aromatic carbocycles. The lowest BCUT2D eigenvalue weighted by atomic mass is 9.90. The third kappa shape index (κ3) is 6.64. The molecule has 0 bridgehead atoms. The Bertz CT molecular complexity index is 2020. The Morgan fingerprint density at radius 1 is 0.925 bits per heavy atom. The molecule has 3 fully saturated rings. The molecule has 2 saturated heterocycles. The normalized spacial score (nSPS) is 22.9. The second-order valence-corrected chi connectivity index (χ2v) is 15.3. The minimum absolute atomic E-state index is 0.0528. The molecule has 0 aromatic heterocycles. The Kier molecular flexibility index (Phi) is 9.16. The first-order chi connectivity index (χ1) is 25.6. The quantitative estimate of drug-likeness (QED) is 0.247. The highest BCUT2D eigenvalue weighted by atomic mass is 35.5. The van der Waals surface area contributed by atoms with Crippen LogP contribution in [0.5, 0.6) is 0 Å². The van der Waals surface area contributed by atoms with Gasteiger partial charge in [0.15, 0.2) is 0 Å². The van der Waals surface area contributed by atoms with Gasteiger partial charge in [0.05, 0.1) is 17.7 Å². The lowest BCUT2D eigenvalue weighted by Crippen LogP contribution is -2.54. The smallest absolute Gasteiger partial charge is 0.262 e. The van der Waals surface area contributed by atoms with Crippen LogP contribution in [0.4, 0.5) is 17.1 Å². The van der Waals surface area contributed by atoms with Crippen LogP contribution in [0, 0.1) is 12.5 Å². The molecule has 8 rings (SSSR count). The summed E-state index contributed by atoms with van der Waals surface area (Å²) in [7, 11) is 2.06. The van der Waals surface area contributed by atoms with E-state index in [0.717, 1.165) is 72.7 Å². The van der Waals surface area contributed by atoms with Gasteiger partial charge in [-0.05, 0) is 91.8 Å². The number of nitrogens with one attached hydrogen (secondary N) is 2. The Morgan fingerprint density at radius 3 is 2.19 bits per heavy atom. The molecule has 1 saturated carbocycles. The number of benzene rings is 3. The molecule has 0 spiro atoms. The van der Waals surface area contributed by atoms with Crippen LogP contribution < -0.4 is 20.4 Å². The number of anilines is 2. The number of imide groups is 2. The summed E-state index contributed by atoms with van der Waals surface area (Å²) >= 11 is 6.26. The van der Waals surface area contributed by atoms with Crippen molar-refractivity contribution in [2.24, 2.45) is 5.92 Å². The van der Waals surface area contributed by atoms with E-state index in [2.05, 4.69) is 37.2 Å². The molecule has 53 heavy (non-hydrogen) atoms. The molecule has 5 aliphatic rings. The number of rotatable bonds is 8. The van der Waals surface area contributed by atoms with Crippen LogP contribution in [0.25, 0.3) is 4.85 Å². The Balaban J connectivity index is 0.787. The molecule has 3 aromatic rings. The zero-order valence-corrected chi connectivity index (χ0v) is 30.2. The Hall–Kier alpha value is -5.25. The first-order valence-electron chi connectivity index (χ1n) is 18.2. The van der Waals surface area contributed by atoms with E-state index >= 15 is 0 Å². The summed E-state index contributed by atoms with van der Waals surface area (Å²) in [6, 6.07) is 16.5. The molecular formula is C40H40ClN7O5. The van der Waals surface area contributed by atoms with Crippen LogP contribution in [0.3, 0.4) is 0 Å². The zero-order valence-electron chi connectivity index (χ0n) is 29.4. The van der Waals surface area contributed by atoms with Gasteiger partial charge in [-0.1, -0.05) is 17.7 Å². The van der Waals surface area contributed by atoms with Crippen molar-refractivity contribution in [3.63, 3.8) is 0 Å². The van der Waals surface area contributed by atoms with E-state index in [1.165, 1.54) is 0 Å². The standard InChI is InChI=1S/C40H40ClN7O5/c1-42-34-12-11-30(17-33(34)41)45(2)28-9-5-27(6-10-28)43-37(50)24-3-7-29(8-4-24)47-19-23(20-47)18-46-21-25-15-31-32(16-26(25)22-46)40(53)48(39(31)52)35-13-14-36(49)44-38(35)51/h3-4,7-8,11-12,15-17,23,27-28,35H,5-6,9-10,13-14,18-22H2,2H3,(H,43,50)(H,44,49,51). The highest BCUT2D eigenvalue weighted by molar-refractivity contribution is 6.33. The van der Waals surface area contributed by atoms with Crippen LogP contribution in [-0.2, 0) is 22.7 Å². The summed E-state index contributed by atoms with van der Waals surface area (Å²) in [6.45, 7) is 11.3. The van der Waals surface area contributed by atoms with Crippen LogP contribution in [0.15, 0.2) is 54.6 Å². The van der Waals surface area contributed by atoms with E-state index in [1.807, 2.05) is 48.5 Å². The molecule has 1 aliphatic carbocycles. The van der Waals surface area contributed by atoms with E-state index < -0.39 is 29.7 Å². The molecule has 12 nitrogen and oxygen atoms in total. The van der Waals surface area contributed by atoms with Crippen LogP contribution >= 0.6 is 11.6 Å². The van der Waals surface area contributed by atoms with E-state index in [0.29, 0.717) is 52.4 Å². The van der Waals surface area contributed by atoms with Gasteiger partial charge in [-0.2, -0.15) is 0 Å². The highest BCUT2D eigenvalue weighted by Crippen LogP contribution is 2.36. The molecule has 5 amide bonds. The first kappa shape index (κ1) is 34.8. The number of hydrogen-bond donors (Lipinski definition) is 2. The van der Waals surface area contributed by atoms with E-state index in [1.54, 1.807) is 6.07 Å². The zero-order chi connectivity index (χ0) is 37.0. The number of hydrogen-bond acceptors (Lipinski definition) is 8. The second-order valence-electron chi connectivity index (χ2n) is 14.9. The molecule has 13 heteroatoms. The SMILES string of the molecule is [C-]#[N+]c1ccc(N(C)C2CCC(NC(=O)c3ccc(N4CC(CN5Cc6cc7c(cc6C5)C(=O)N(C5CCC(=O)NC5=O)C7=O)C4)cc3)CC2)cc1Cl. The van der Waals surface area contributed by atoms with Gasteiger partial charge >= 0.3 is 0 Å². The van der Waals surface area contributed by atoms with Gasteiger partial charge in [-0.25, -0.2) is 4.85 Å². The molecule has 2 N–H and O–H groups in total. The minimum atomic E-state index is -0.963. The largest absolute Gasteiger partial charge is 0.372 e. The monoisotopic (exact) mass is 733 g/mol. The van der Waals surface area contributed by atoms with Crippen LogP contribution in [0.1, 0.15) is 80.7 Å². The van der Waals surface area contributed by atoms with Crippen molar-refractivity contribution in [2.75, 3.05) is 36.5 Å². The predicted molar refractivity (Wildman–Crippen MR) is 199 cm³/mol. The lowest BCUT2D eigenvalue weighted by molar-refractivity contribution is -0.136. The maximum atomic E-state index is 13.3. The minimum Gasteiger partial charge on any atom is -0.372 e. The summed E-state index contributed by atoms with van der Waals surface area (Å²) in [6.07, 6.45) is 3.93. The van der Waals surface area contributed by atoms with Crippen molar-refractivity contribution in [3.8, 4) is 0 Å². The second kappa shape index (κ2) is 14.0. The molecule has 272 valence electrons. The fourth-order valence-electron chi connectivity index (χ4n) is 8.55. The predicted octanol–water partition coefficient (Wildman–Crippen LogP) is 4.92. The number of piperidine rings is 1. The molecular weight excluding hydrogens is 694 g/mol. The third-order valence-corrected chi connectivity index (χ3v) is 11.9. The molecule has 1 atom stereocenters. The van der Waals surface area contributed by atoms with Crippen LogP contribution in [0.2, 0.25) is 5.02 Å². The fourth-order valence-corrected chi connectivity index (χ4v) is 8.76. The van der Waals surface area contributed by atoms with Crippen molar-refractivity contribution in [2.45, 2.75) is 69.7 Å². The molecule has 1 unspecified atom stereocenters. The summed E-state index contributed by atoms with van der Waals surface area (Å²) in [5.74, 6) is -1.53. The Morgan fingerprint density at radius 2 is 1.58 bits per heavy atom. The van der Waals surface area contributed by atoms with Gasteiger partial charge in [-0.3, -0.25) is 39.1 Å². The number of halogens is 1. The van der Waals surface area contributed by atoms with Gasteiger partial charge in [0.25, 0.3) is 17.7 Å². The van der Waals surface area contributed by atoms with Gasteiger partial charge in [0.1, 0.15) is 6.04 Å². The highest BCUT2D eigenvalue weighted by Gasteiger charge is 2.45. The Labute approximate surface area is 312 Å². The van der Waals surface area contributed by atoms with Crippen LogP contribution in [-0.4, -0.2) is 84.1 Å². The maximum Gasteiger partial charge on any atom is 0.262 e. The van der Waals surface area contributed by atoms with Crippen molar-refractivity contribution >= 4 is 58.2 Å². The number of nitrogens with zero attached hydrogens (tertiary/aromatic N) is 5. The van der Waals surface area contributed by atoms with Gasteiger partial charge in [-0.15, -0.1) is 0 Å². The van der Waals surface area contributed by atoms with Gasteiger partial charge in [0, 0.05) is 86.2 Å². The van der Waals surface area contributed by atoms with Crippen molar-refractivity contribution in [1.82, 2.24) is 20.4 Å². The summed E-state index contributed by atoms with van der Waals surface area (Å²) < 4.78 is 0. The molecule has 0 radical (unpaired) electrons. The average molecular weight is 734 g/mol. The number of carbonyl (C=O) groups excluding carboxylic acids is 5. The summed E-state index contributed by atoms with van der Waals surface area (Å²) in [5.41, 5.74) is 5.89. The van der Waals surface area contributed by atoms with E-state index in [4.69, 9.17) is 18.2 Å². The number of carbonyl (C=O) groups is 5. The first-order valence-corrected chi connectivity index (χ1v) is 18.6. The lowest BCUT2D eigenvalue weighted by Gasteiger charge is -2.42. The fraction of sp³-hybridized carbons (Fsp3) is 0.400. The van der Waals surface area contributed by atoms with E-state index in [-0.39, 0.29) is 24.8 Å². The van der Waals surface area contributed by atoms with Crippen molar-refractivity contribution in [1.29, 1.82) is 0 Å². The summed E-state index contributed by atoms with van der Waals surface area (Å²) in [5, 5.41) is 5.94. The molecule has 4 aliphatic heterocycles. The summed E-state index contributed by atoms with van der Waals surface area (Å²) in [4.78, 5) is 74.9. The third-order valence-electron chi connectivity index (χ3n) is 11.6. The van der Waals surface area contributed by atoms with Crippen molar-refractivity contribution < 1.29 is 24.0 Å².